The second-order valence-corrected chi connectivity index (χ2v) is 8.56. The summed E-state index contributed by atoms with van der Waals surface area (Å²) in [6, 6.07) is 17.9. The average Bonchev–Trinajstić information content (AvgIpc) is 2.83. The Morgan fingerprint density at radius 2 is 1.50 bits per heavy atom. The number of nitrogens with one attached hydrogen (secondary N) is 1. The molecule has 0 bridgehead atoms. The number of pyridine rings is 1. The van der Waals surface area contributed by atoms with Crippen LogP contribution in [0.1, 0.15) is 45.8 Å². The summed E-state index contributed by atoms with van der Waals surface area (Å²) in [5, 5.41) is 14.6. The standard InChI is InChI=1S/C27H23F3N4O2/c1-16-4-8-19(9-5-16)22-14-23(33-25(32-22)20-10-6-17(2)7-11-20)26(35)31-18(3)21-12-13-24(27(28,29)30)34(36)15-21/h4-15,18H,1-3H3,(H,31,35)/t18-/m1/s1. The number of carbonyl (C=O) groups is 1. The molecule has 0 unspecified atom stereocenters. The Bertz CT molecular complexity index is 1340. The summed E-state index contributed by atoms with van der Waals surface area (Å²) in [7, 11) is 0. The Balaban J connectivity index is 1.67. The summed E-state index contributed by atoms with van der Waals surface area (Å²) < 4.78 is 38.5. The molecule has 6 nitrogen and oxygen atoms in total. The molecule has 0 spiro atoms. The number of aromatic nitrogens is 3. The number of nitrogens with zero attached hydrogens (tertiary/aromatic N) is 3. The van der Waals surface area contributed by atoms with Crippen molar-refractivity contribution < 1.29 is 22.7 Å². The van der Waals surface area contributed by atoms with Crippen molar-refractivity contribution in [3.63, 3.8) is 0 Å². The maximum atomic E-state index is 13.1. The number of rotatable bonds is 5. The average molecular weight is 493 g/mol. The monoisotopic (exact) mass is 492 g/mol. The third-order valence-electron chi connectivity index (χ3n) is 5.69. The van der Waals surface area contributed by atoms with Gasteiger partial charge >= 0.3 is 6.18 Å². The van der Waals surface area contributed by atoms with Gasteiger partial charge in [0, 0.05) is 22.8 Å². The molecule has 2 heterocycles. The Morgan fingerprint density at radius 1 is 0.917 bits per heavy atom. The van der Waals surface area contributed by atoms with E-state index in [9.17, 15) is 23.2 Å². The molecule has 0 aliphatic rings. The van der Waals surface area contributed by atoms with E-state index in [1.165, 1.54) is 0 Å². The lowest BCUT2D eigenvalue weighted by Gasteiger charge is -2.16. The largest absolute Gasteiger partial charge is 0.618 e. The van der Waals surface area contributed by atoms with Crippen LogP contribution in [0.15, 0.2) is 72.9 Å². The number of alkyl halides is 3. The van der Waals surface area contributed by atoms with Gasteiger partial charge in [0.25, 0.3) is 11.6 Å². The minimum atomic E-state index is -4.77. The van der Waals surface area contributed by atoms with Crippen LogP contribution in [0.3, 0.4) is 0 Å². The van der Waals surface area contributed by atoms with Gasteiger partial charge in [-0.3, -0.25) is 4.79 Å². The fraction of sp³-hybridized carbons (Fsp3) is 0.185. The van der Waals surface area contributed by atoms with Crippen LogP contribution in [0.2, 0.25) is 0 Å². The lowest BCUT2D eigenvalue weighted by Crippen LogP contribution is -2.38. The van der Waals surface area contributed by atoms with Crippen LogP contribution in [-0.4, -0.2) is 15.9 Å². The number of hydrogen-bond donors (Lipinski definition) is 1. The van der Waals surface area contributed by atoms with E-state index in [-0.39, 0.29) is 16.0 Å². The first-order valence-corrected chi connectivity index (χ1v) is 11.2. The van der Waals surface area contributed by atoms with Gasteiger partial charge in [0.2, 0.25) is 0 Å². The maximum absolute atomic E-state index is 13.1. The first-order chi connectivity index (χ1) is 17.0. The molecule has 0 fully saturated rings. The molecule has 1 N–H and O–H groups in total. The zero-order valence-corrected chi connectivity index (χ0v) is 19.8. The second-order valence-electron chi connectivity index (χ2n) is 8.56. The molecule has 0 saturated heterocycles. The van der Waals surface area contributed by atoms with E-state index >= 15 is 0 Å². The van der Waals surface area contributed by atoms with Gasteiger partial charge in [-0.15, -0.1) is 0 Å². The van der Waals surface area contributed by atoms with Crippen LogP contribution < -0.4 is 10.0 Å². The molecule has 36 heavy (non-hydrogen) atoms. The van der Waals surface area contributed by atoms with Gasteiger partial charge in [-0.1, -0.05) is 59.7 Å². The summed E-state index contributed by atoms with van der Waals surface area (Å²) in [4.78, 5) is 22.3. The maximum Gasteiger partial charge on any atom is 0.478 e. The molecule has 2 aromatic carbocycles. The molecule has 4 aromatic rings. The van der Waals surface area contributed by atoms with Crippen molar-refractivity contribution >= 4 is 5.91 Å². The van der Waals surface area contributed by atoms with Crippen molar-refractivity contribution in [2.75, 3.05) is 0 Å². The van der Waals surface area contributed by atoms with Crippen molar-refractivity contribution in [2.45, 2.75) is 33.0 Å². The topological polar surface area (TPSA) is 81.8 Å². The van der Waals surface area contributed by atoms with Crippen molar-refractivity contribution in [1.82, 2.24) is 15.3 Å². The summed E-state index contributed by atoms with van der Waals surface area (Å²) in [6.45, 7) is 5.50. The number of amides is 1. The number of benzene rings is 2. The van der Waals surface area contributed by atoms with Gasteiger partial charge in [-0.05, 0) is 32.9 Å². The van der Waals surface area contributed by atoms with Gasteiger partial charge in [-0.2, -0.15) is 17.9 Å². The Kier molecular flexibility index (Phi) is 6.74. The molecular weight excluding hydrogens is 469 g/mol. The number of aryl methyl sites for hydroxylation is 2. The lowest BCUT2D eigenvalue weighted by molar-refractivity contribution is -0.629. The van der Waals surface area contributed by atoms with Gasteiger partial charge < -0.3 is 10.5 Å². The van der Waals surface area contributed by atoms with Crippen molar-refractivity contribution in [3.05, 3.63) is 106 Å². The van der Waals surface area contributed by atoms with Gasteiger partial charge in [-0.25, -0.2) is 9.97 Å². The predicted molar refractivity (Wildman–Crippen MR) is 129 cm³/mol. The quantitative estimate of drug-likeness (QED) is 0.292. The van der Waals surface area contributed by atoms with E-state index in [1.807, 2.05) is 62.4 Å². The SMILES string of the molecule is Cc1ccc(-c2cc(C(=O)N[C@H](C)c3ccc(C(F)(F)F)[n+]([O-])c3)nc(-c3ccc(C)cc3)n2)cc1. The van der Waals surface area contributed by atoms with E-state index < -0.39 is 23.8 Å². The third kappa shape index (κ3) is 5.51. The summed E-state index contributed by atoms with van der Waals surface area (Å²) in [5.74, 6) is -0.193. The Labute approximate surface area is 206 Å². The molecule has 9 heteroatoms. The Hall–Kier alpha value is -4.27. The molecule has 4 rings (SSSR count). The third-order valence-corrected chi connectivity index (χ3v) is 5.69. The number of halogens is 3. The van der Waals surface area contributed by atoms with E-state index in [2.05, 4.69) is 15.3 Å². The summed E-state index contributed by atoms with van der Waals surface area (Å²) in [6.07, 6.45) is -3.96. The van der Waals surface area contributed by atoms with Crippen LogP contribution in [0, 0.1) is 19.1 Å². The van der Waals surface area contributed by atoms with E-state index in [0.717, 1.165) is 34.5 Å². The van der Waals surface area contributed by atoms with Crippen LogP contribution in [0.4, 0.5) is 13.2 Å². The molecule has 2 aromatic heterocycles. The highest BCUT2D eigenvalue weighted by Crippen LogP contribution is 2.27. The van der Waals surface area contributed by atoms with E-state index in [4.69, 9.17) is 0 Å². The highest BCUT2D eigenvalue weighted by atomic mass is 19.4. The van der Waals surface area contributed by atoms with Crippen LogP contribution in [-0.2, 0) is 6.18 Å². The zero-order valence-electron chi connectivity index (χ0n) is 19.8. The van der Waals surface area contributed by atoms with Crippen molar-refractivity contribution in [3.8, 4) is 22.6 Å². The predicted octanol–water partition coefficient (Wildman–Crippen LogP) is 5.57. The van der Waals surface area contributed by atoms with Gasteiger partial charge in [0.05, 0.1) is 11.7 Å². The van der Waals surface area contributed by atoms with Gasteiger partial charge in [0.1, 0.15) is 5.69 Å². The zero-order chi connectivity index (χ0) is 26.0. The molecular formula is C27H23F3N4O2. The van der Waals surface area contributed by atoms with Crippen molar-refractivity contribution in [2.24, 2.45) is 0 Å². The molecule has 0 radical (unpaired) electrons. The normalized spacial score (nSPS) is 12.3. The first kappa shape index (κ1) is 24.8. The summed E-state index contributed by atoms with van der Waals surface area (Å²) in [5.41, 5.74) is 3.19. The highest BCUT2D eigenvalue weighted by Gasteiger charge is 2.39. The Morgan fingerprint density at radius 3 is 2.06 bits per heavy atom. The molecule has 1 amide bonds. The van der Waals surface area contributed by atoms with Crippen LogP contribution in [0.25, 0.3) is 22.6 Å². The lowest BCUT2D eigenvalue weighted by atomic mass is 10.1. The molecule has 0 aliphatic heterocycles. The fourth-order valence-corrected chi connectivity index (χ4v) is 3.59. The molecule has 1 atom stereocenters. The minimum Gasteiger partial charge on any atom is -0.618 e. The number of carbonyl (C=O) groups excluding carboxylic acids is 1. The van der Waals surface area contributed by atoms with Crippen LogP contribution >= 0.6 is 0 Å². The van der Waals surface area contributed by atoms with Crippen LogP contribution in [0.5, 0.6) is 0 Å². The first-order valence-electron chi connectivity index (χ1n) is 11.2. The smallest absolute Gasteiger partial charge is 0.478 e. The minimum absolute atomic E-state index is 0.0879. The summed E-state index contributed by atoms with van der Waals surface area (Å²) >= 11 is 0. The molecule has 0 saturated carbocycles. The molecule has 0 aliphatic carbocycles. The molecule has 184 valence electrons. The number of hydrogen-bond acceptors (Lipinski definition) is 4. The van der Waals surface area contributed by atoms with Gasteiger partial charge in [0.15, 0.2) is 12.0 Å². The highest BCUT2D eigenvalue weighted by molar-refractivity contribution is 5.94. The van der Waals surface area contributed by atoms with E-state index in [0.29, 0.717) is 17.6 Å². The fourth-order valence-electron chi connectivity index (χ4n) is 3.59. The van der Waals surface area contributed by atoms with E-state index in [1.54, 1.807) is 13.0 Å². The van der Waals surface area contributed by atoms with Crippen molar-refractivity contribution in [1.29, 1.82) is 0 Å². The second kappa shape index (κ2) is 9.77.